The maximum atomic E-state index is 9.64. The molecule has 0 unspecified atom stereocenters. The predicted octanol–water partition coefficient (Wildman–Crippen LogP) is 2.49. The van der Waals surface area contributed by atoms with Crippen LogP contribution in [0.2, 0.25) is 0 Å². The van der Waals surface area contributed by atoms with E-state index in [0.29, 0.717) is 18.8 Å². The average molecular weight is 290 g/mol. The summed E-state index contributed by atoms with van der Waals surface area (Å²) in [5.41, 5.74) is 2.27. The summed E-state index contributed by atoms with van der Waals surface area (Å²) < 4.78 is 5.38. The number of para-hydroxylation sites is 1. The van der Waals surface area contributed by atoms with E-state index in [1.807, 2.05) is 30.3 Å². The summed E-state index contributed by atoms with van der Waals surface area (Å²) in [7, 11) is 0. The molecule has 0 atom stereocenters. The summed E-state index contributed by atoms with van der Waals surface area (Å²) in [6.45, 7) is 2.85. The molecular formula is C17H14N4O. The smallest absolute Gasteiger partial charge is 0.147 e. The number of aromatic nitrogens is 2. The molecule has 1 aliphatic heterocycles. The van der Waals surface area contributed by atoms with Gasteiger partial charge in [0.25, 0.3) is 0 Å². The summed E-state index contributed by atoms with van der Waals surface area (Å²) in [5, 5.41) is 11.5. The SMILES string of the molecule is N#Cc1c(N2CCOCC2)ncc2nc3ccccc3cc12. The Kier molecular flexibility index (Phi) is 3.10. The standard InChI is InChI=1S/C17H14N4O/c18-10-14-13-9-12-3-1-2-4-15(12)20-16(13)11-19-17(14)21-5-7-22-8-6-21/h1-4,9,11H,5-8H2. The van der Waals surface area contributed by atoms with Crippen molar-refractivity contribution in [2.45, 2.75) is 0 Å². The topological polar surface area (TPSA) is 62.0 Å². The third kappa shape index (κ3) is 2.05. The van der Waals surface area contributed by atoms with Gasteiger partial charge >= 0.3 is 0 Å². The predicted molar refractivity (Wildman–Crippen MR) is 84.8 cm³/mol. The highest BCUT2D eigenvalue weighted by Gasteiger charge is 2.18. The normalized spacial score (nSPS) is 15.1. The number of nitriles is 1. The summed E-state index contributed by atoms with van der Waals surface area (Å²) in [5.74, 6) is 0.732. The van der Waals surface area contributed by atoms with Gasteiger partial charge in [0.1, 0.15) is 17.5 Å². The van der Waals surface area contributed by atoms with Gasteiger partial charge in [0.05, 0.1) is 30.4 Å². The van der Waals surface area contributed by atoms with E-state index in [-0.39, 0.29) is 0 Å². The Balaban J connectivity index is 1.96. The molecule has 4 rings (SSSR count). The van der Waals surface area contributed by atoms with Crippen LogP contribution in [0.5, 0.6) is 0 Å². The average Bonchev–Trinajstić information content (AvgIpc) is 2.59. The fraction of sp³-hybridized carbons (Fsp3) is 0.235. The Bertz CT molecular complexity index is 894. The third-order valence-electron chi connectivity index (χ3n) is 3.98. The first-order valence-corrected chi connectivity index (χ1v) is 7.28. The molecule has 5 heteroatoms. The first-order chi connectivity index (χ1) is 10.9. The van der Waals surface area contributed by atoms with Crippen LogP contribution >= 0.6 is 0 Å². The molecule has 1 saturated heterocycles. The molecule has 108 valence electrons. The van der Waals surface area contributed by atoms with E-state index in [2.05, 4.69) is 20.9 Å². The van der Waals surface area contributed by atoms with Crippen LogP contribution in [0.15, 0.2) is 36.5 Å². The van der Waals surface area contributed by atoms with Crippen molar-refractivity contribution in [2.24, 2.45) is 0 Å². The lowest BCUT2D eigenvalue weighted by atomic mass is 10.1. The van der Waals surface area contributed by atoms with Crippen LogP contribution in [0.4, 0.5) is 5.82 Å². The number of fused-ring (bicyclic) bond motifs is 2. The van der Waals surface area contributed by atoms with Gasteiger partial charge in [-0.1, -0.05) is 18.2 Å². The van der Waals surface area contributed by atoms with Gasteiger partial charge in [-0.3, -0.25) is 0 Å². The number of hydrogen-bond donors (Lipinski definition) is 0. The van der Waals surface area contributed by atoms with E-state index in [1.54, 1.807) is 6.20 Å². The van der Waals surface area contributed by atoms with Crippen LogP contribution in [0.25, 0.3) is 21.8 Å². The summed E-state index contributed by atoms with van der Waals surface area (Å²) in [4.78, 5) is 11.2. The third-order valence-corrected chi connectivity index (χ3v) is 3.98. The fourth-order valence-corrected chi connectivity index (χ4v) is 2.86. The van der Waals surface area contributed by atoms with Gasteiger partial charge in [0.2, 0.25) is 0 Å². The van der Waals surface area contributed by atoms with Gasteiger partial charge in [-0.05, 0) is 12.1 Å². The molecule has 3 heterocycles. The minimum atomic E-state index is 0.595. The van der Waals surface area contributed by atoms with Crippen LogP contribution in [0.1, 0.15) is 5.56 Å². The first kappa shape index (κ1) is 13.0. The Labute approximate surface area is 127 Å². The largest absolute Gasteiger partial charge is 0.378 e. The van der Waals surface area contributed by atoms with E-state index in [9.17, 15) is 5.26 Å². The summed E-state index contributed by atoms with van der Waals surface area (Å²) in [6.07, 6.45) is 1.76. The molecule has 2 aromatic heterocycles. The van der Waals surface area contributed by atoms with Crippen molar-refractivity contribution in [3.8, 4) is 6.07 Å². The van der Waals surface area contributed by atoms with Crippen molar-refractivity contribution < 1.29 is 4.74 Å². The van der Waals surface area contributed by atoms with Crippen molar-refractivity contribution in [3.63, 3.8) is 0 Å². The molecule has 0 saturated carbocycles. The molecule has 0 spiro atoms. The molecule has 1 aliphatic rings. The maximum Gasteiger partial charge on any atom is 0.147 e. The Morgan fingerprint density at radius 3 is 2.77 bits per heavy atom. The molecule has 1 fully saturated rings. The molecule has 3 aromatic rings. The minimum absolute atomic E-state index is 0.595. The number of morpholine rings is 1. The first-order valence-electron chi connectivity index (χ1n) is 7.28. The lowest BCUT2D eigenvalue weighted by molar-refractivity contribution is 0.122. The Morgan fingerprint density at radius 2 is 1.95 bits per heavy atom. The molecule has 0 N–H and O–H groups in total. The molecule has 22 heavy (non-hydrogen) atoms. The van der Waals surface area contributed by atoms with Crippen LogP contribution in [0, 0.1) is 11.3 Å². The van der Waals surface area contributed by atoms with E-state index in [0.717, 1.165) is 40.7 Å². The number of anilines is 1. The van der Waals surface area contributed by atoms with E-state index in [4.69, 9.17) is 4.74 Å². The highest BCUT2D eigenvalue weighted by Crippen LogP contribution is 2.28. The highest BCUT2D eigenvalue weighted by atomic mass is 16.5. The van der Waals surface area contributed by atoms with Crippen LogP contribution in [-0.2, 0) is 4.74 Å². The molecule has 5 nitrogen and oxygen atoms in total. The maximum absolute atomic E-state index is 9.64. The van der Waals surface area contributed by atoms with Crippen LogP contribution < -0.4 is 4.90 Å². The zero-order valence-electron chi connectivity index (χ0n) is 12.0. The van der Waals surface area contributed by atoms with Crippen LogP contribution in [0.3, 0.4) is 0 Å². The number of pyridine rings is 2. The lowest BCUT2D eigenvalue weighted by Gasteiger charge is -2.28. The van der Waals surface area contributed by atoms with Gasteiger partial charge < -0.3 is 9.64 Å². The highest BCUT2D eigenvalue weighted by molar-refractivity contribution is 5.97. The van der Waals surface area contributed by atoms with Gasteiger partial charge in [-0.2, -0.15) is 5.26 Å². The molecule has 0 aliphatic carbocycles. The second-order valence-corrected chi connectivity index (χ2v) is 5.28. The number of rotatable bonds is 1. The van der Waals surface area contributed by atoms with Crippen molar-refractivity contribution >= 4 is 27.6 Å². The zero-order valence-corrected chi connectivity index (χ0v) is 12.0. The molecule has 1 aromatic carbocycles. The number of nitrogens with zero attached hydrogens (tertiary/aromatic N) is 4. The van der Waals surface area contributed by atoms with Gasteiger partial charge in [0.15, 0.2) is 0 Å². The second-order valence-electron chi connectivity index (χ2n) is 5.28. The van der Waals surface area contributed by atoms with Gasteiger partial charge in [0, 0.05) is 23.9 Å². The number of hydrogen-bond acceptors (Lipinski definition) is 5. The quantitative estimate of drug-likeness (QED) is 0.644. The summed E-state index contributed by atoms with van der Waals surface area (Å²) in [6, 6.07) is 12.3. The van der Waals surface area contributed by atoms with E-state index < -0.39 is 0 Å². The monoisotopic (exact) mass is 290 g/mol. The molecule has 0 amide bonds. The van der Waals surface area contributed by atoms with Crippen molar-refractivity contribution in [1.29, 1.82) is 5.26 Å². The Morgan fingerprint density at radius 1 is 1.14 bits per heavy atom. The lowest BCUT2D eigenvalue weighted by Crippen LogP contribution is -2.37. The molecule has 0 radical (unpaired) electrons. The van der Waals surface area contributed by atoms with Crippen LogP contribution in [-0.4, -0.2) is 36.3 Å². The van der Waals surface area contributed by atoms with E-state index in [1.165, 1.54) is 0 Å². The van der Waals surface area contributed by atoms with Gasteiger partial charge in [-0.25, -0.2) is 9.97 Å². The van der Waals surface area contributed by atoms with Gasteiger partial charge in [-0.15, -0.1) is 0 Å². The number of ether oxygens (including phenoxy) is 1. The number of benzene rings is 1. The fourth-order valence-electron chi connectivity index (χ4n) is 2.86. The zero-order chi connectivity index (χ0) is 14.9. The van der Waals surface area contributed by atoms with E-state index >= 15 is 0 Å². The van der Waals surface area contributed by atoms with Crippen molar-refractivity contribution in [2.75, 3.05) is 31.2 Å². The van der Waals surface area contributed by atoms with Crippen molar-refractivity contribution in [3.05, 3.63) is 42.1 Å². The second kappa shape index (κ2) is 5.24. The molecule has 0 bridgehead atoms. The van der Waals surface area contributed by atoms with Crippen molar-refractivity contribution in [1.82, 2.24) is 9.97 Å². The molecular weight excluding hydrogens is 276 g/mol. The minimum Gasteiger partial charge on any atom is -0.378 e. The Hall–Kier alpha value is -2.71. The summed E-state index contributed by atoms with van der Waals surface area (Å²) >= 11 is 0.